The zero-order valence-electron chi connectivity index (χ0n) is 14.5. The maximum atomic E-state index is 13.2. The molecule has 0 radical (unpaired) electrons. The van der Waals surface area contributed by atoms with Gasteiger partial charge in [-0.15, -0.1) is 0 Å². The van der Waals surface area contributed by atoms with Gasteiger partial charge < -0.3 is 4.90 Å². The lowest BCUT2D eigenvalue weighted by Crippen LogP contribution is -2.33. The Balaban J connectivity index is 1.88. The molecule has 0 bridgehead atoms. The van der Waals surface area contributed by atoms with Crippen molar-refractivity contribution >= 4 is 29.0 Å². The molecule has 1 atom stereocenters. The number of anilines is 2. The van der Waals surface area contributed by atoms with Gasteiger partial charge in [-0.05, 0) is 57.7 Å². The van der Waals surface area contributed by atoms with E-state index >= 15 is 0 Å². The third kappa shape index (κ3) is 3.50. The summed E-state index contributed by atoms with van der Waals surface area (Å²) in [4.78, 5) is 19.6. The van der Waals surface area contributed by atoms with E-state index in [4.69, 9.17) is 0 Å². The maximum Gasteiger partial charge on any atom is 0.234 e. The Hall–Kier alpha value is -1.78. The highest BCUT2D eigenvalue weighted by Crippen LogP contribution is 2.48. The van der Waals surface area contributed by atoms with Crippen LogP contribution in [0.4, 0.5) is 11.4 Å². The molecule has 0 spiro atoms. The maximum absolute atomic E-state index is 13.2. The lowest BCUT2D eigenvalue weighted by atomic mass is 10.0. The molecule has 2 aromatic rings. The standard InChI is InChI=1S/C20H24N2OS/c1-15(9-8-14-21(2)3)20(23)22-16-10-4-6-12-18(16)24-19-13-7-5-11-17(19)22/h4-7,10-13,15H,8-9,14H2,1-3H3. The van der Waals surface area contributed by atoms with Crippen LogP contribution in [0.3, 0.4) is 0 Å². The van der Waals surface area contributed by atoms with Crippen LogP contribution in [-0.2, 0) is 4.79 Å². The number of hydrogen-bond acceptors (Lipinski definition) is 3. The van der Waals surface area contributed by atoms with Crippen LogP contribution < -0.4 is 4.90 Å². The molecule has 0 aliphatic carbocycles. The van der Waals surface area contributed by atoms with E-state index in [0.29, 0.717) is 0 Å². The molecule has 2 aromatic carbocycles. The minimum atomic E-state index is 0.00848. The molecular formula is C20H24N2OS. The van der Waals surface area contributed by atoms with Crippen molar-refractivity contribution in [2.24, 2.45) is 5.92 Å². The number of rotatable bonds is 5. The Morgan fingerprint density at radius 2 is 1.58 bits per heavy atom. The highest BCUT2D eigenvalue weighted by atomic mass is 32.2. The molecule has 126 valence electrons. The molecule has 1 heterocycles. The smallest absolute Gasteiger partial charge is 0.234 e. The summed E-state index contributed by atoms with van der Waals surface area (Å²) in [6, 6.07) is 16.3. The first-order valence-corrected chi connectivity index (χ1v) is 9.24. The van der Waals surface area contributed by atoms with Crippen molar-refractivity contribution < 1.29 is 4.79 Å². The normalized spacial score (nSPS) is 14.2. The van der Waals surface area contributed by atoms with E-state index in [2.05, 4.69) is 31.1 Å². The van der Waals surface area contributed by atoms with E-state index in [1.165, 1.54) is 0 Å². The van der Waals surface area contributed by atoms with Gasteiger partial charge >= 0.3 is 0 Å². The number of carbonyl (C=O) groups excluding carboxylic acids is 1. The number of fused-ring (bicyclic) bond motifs is 2. The third-order valence-electron chi connectivity index (χ3n) is 4.32. The number of hydrogen-bond donors (Lipinski definition) is 0. The van der Waals surface area contributed by atoms with Crippen LogP contribution >= 0.6 is 11.8 Å². The topological polar surface area (TPSA) is 23.6 Å². The Morgan fingerprint density at radius 3 is 2.12 bits per heavy atom. The van der Waals surface area contributed by atoms with Crippen molar-refractivity contribution in [1.29, 1.82) is 0 Å². The fourth-order valence-corrected chi connectivity index (χ4v) is 4.06. The van der Waals surface area contributed by atoms with Crippen LogP contribution in [-0.4, -0.2) is 31.4 Å². The van der Waals surface area contributed by atoms with Crippen molar-refractivity contribution in [3.63, 3.8) is 0 Å². The second-order valence-corrected chi connectivity index (χ2v) is 7.64. The number of benzene rings is 2. The summed E-state index contributed by atoms with van der Waals surface area (Å²) >= 11 is 1.74. The first-order chi connectivity index (χ1) is 11.6. The lowest BCUT2D eigenvalue weighted by molar-refractivity contribution is -0.121. The Bertz CT molecular complexity index is 684. The molecule has 1 amide bonds. The molecule has 4 heteroatoms. The SMILES string of the molecule is CC(CCCN(C)C)C(=O)N1c2ccccc2Sc2ccccc21. The monoisotopic (exact) mass is 340 g/mol. The zero-order chi connectivity index (χ0) is 17.1. The van der Waals surface area contributed by atoms with Crippen molar-refractivity contribution in [2.45, 2.75) is 29.6 Å². The largest absolute Gasteiger partial charge is 0.309 e. The van der Waals surface area contributed by atoms with Gasteiger partial charge in [-0.2, -0.15) is 0 Å². The van der Waals surface area contributed by atoms with Crippen LogP contribution in [0.1, 0.15) is 19.8 Å². The van der Waals surface area contributed by atoms with Crippen LogP contribution in [0.5, 0.6) is 0 Å². The summed E-state index contributed by atoms with van der Waals surface area (Å²) in [6.45, 7) is 3.06. The number of nitrogens with zero attached hydrogens (tertiary/aromatic N) is 2. The van der Waals surface area contributed by atoms with Crippen molar-refractivity contribution in [1.82, 2.24) is 4.90 Å². The van der Waals surface area contributed by atoms with Gasteiger partial charge in [0.1, 0.15) is 0 Å². The first-order valence-electron chi connectivity index (χ1n) is 8.42. The van der Waals surface area contributed by atoms with Gasteiger partial charge in [-0.25, -0.2) is 0 Å². The van der Waals surface area contributed by atoms with Crippen molar-refractivity contribution in [2.75, 3.05) is 25.5 Å². The first kappa shape index (κ1) is 17.1. The molecule has 0 saturated heterocycles. The summed E-state index contributed by atoms with van der Waals surface area (Å²) in [5, 5.41) is 0. The van der Waals surface area contributed by atoms with E-state index in [1.54, 1.807) is 11.8 Å². The van der Waals surface area contributed by atoms with Crippen molar-refractivity contribution in [3.8, 4) is 0 Å². The molecule has 0 fully saturated rings. The average Bonchev–Trinajstić information content (AvgIpc) is 2.58. The summed E-state index contributed by atoms with van der Waals surface area (Å²) in [6.07, 6.45) is 1.94. The summed E-state index contributed by atoms with van der Waals surface area (Å²) in [5.41, 5.74) is 2.01. The molecule has 0 N–H and O–H groups in total. The third-order valence-corrected chi connectivity index (χ3v) is 5.45. The fourth-order valence-electron chi connectivity index (χ4n) is 3.00. The van der Waals surface area contributed by atoms with E-state index in [9.17, 15) is 4.79 Å². The predicted octanol–water partition coefficient (Wildman–Crippen LogP) is 4.79. The molecule has 0 saturated carbocycles. The highest BCUT2D eigenvalue weighted by Gasteiger charge is 2.30. The van der Waals surface area contributed by atoms with Gasteiger partial charge in [0.05, 0.1) is 11.4 Å². The summed E-state index contributed by atoms with van der Waals surface area (Å²) in [5.74, 6) is 0.197. The average molecular weight is 340 g/mol. The van der Waals surface area contributed by atoms with Crippen LogP contribution in [0.25, 0.3) is 0 Å². The van der Waals surface area contributed by atoms with E-state index in [1.807, 2.05) is 48.2 Å². The molecule has 1 aliphatic rings. The summed E-state index contributed by atoms with van der Waals surface area (Å²) < 4.78 is 0. The minimum Gasteiger partial charge on any atom is -0.309 e. The molecule has 24 heavy (non-hydrogen) atoms. The molecule has 3 rings (SSSR count). The molecule has 1 unspecified atom stereocenters. The van der Waals surface area contributed by atoms with Gasteiger partial charge in [0.2, 0.25) is 5.91 Å². The Labute approximate surface area is 148 Å². The Kier molecular flexibility index (Phi) is 5.27. The van der Waals surface area contributed by atoms with E-state index in [-0.39, 0.29) is 11.8 Å². The van der Waals surface area contributed by atoms with Crippen molar-refractivity contribution in [3.05, 3.63) is 48.5 Å². The molecule has 0 aromatic heterocycles. The molecular weight excluding hydrogens is 316 g/mol. The summed E-state index contributed by atoms with van der Waals surface area (Å²) in [7, 11) is 4.14. The fraction of sp³-hybridized carbons (Fsp3) is 0.350. The second kappa shape index (κ2) is 7.41. The van der Waals surface area contributed by atoms with E-state index < -0.39 is 0 Å². The van der Waals surface area contributed by atoms with Gasteiger partial charge in [0.15, 0.2) is 0 Å². The second-order valence-electron chi connectivity index (χ2n) is 6.56. The van der Waals surface area contributed by atoms with Gasteiger partial charge in [-0.1, -0.05) is 43.0 Å². The molecule has 3 nitrogen and oxygen atoms in total. The predicted molar refractivity (Wildman–Crippen MR) is 101 cm³/mol. The van der Waals surface area contributed by atoms with Crippen LogP contribution in [0.2, 0.25) is 0 Å². The van der Waals surface area contributed by atoms with Gasteiger partial charge in [0, 0.05) is 15.7 Å². The quantitative estimate of drug-likeness (QED) is 0.781. The van der Waals surface area contributed by atoms with Gasteiger partial charge in [-0.3, -0.25) is 9.69 Å². The molecule has 1 aliphatic heterocycles. The number of para-hydroxylation sites is 2. The lowest BCUT2D eigenvalue weighted by Gasteiger charge is -2.32. The Morgan fingerprint density at radius 1 is 1.04 bits per heavy atom. The van der Waals surface area contributed by atoms with E-state index in [0.717, 1.165) is 40.6 Å². The van der Waals surface area contributed by atoms with Crippen LogP contribution in [0.15, 0.2) is 58.3 Å². The number of carbonyl (C=O) groups is 1. The minimum absolute atomic E-state index is 0.00848. The highest BCUT2D eigenvalue weighted by molar-refractivity contribution is 7.99. The van der Waals surface area contributed by atoms with Gasteiger partial charge in [0.25, 0.3) is 0 Å². The number of amides is 1. The van der Waals surface area contributed by atoms with Crippen LogP contribution in [0, 0.1) is 5.92 Å². The zero-order valence-corrected chi connectivity index (χ0v) is 15.3.